The molecule has 0 aliphatic rings. The summed E-state index contributed by atoms with van der Waals surface area (Å²) < 4.78 is 1.61. The molecule has 0 bridgehead atoms. The summed E-state index contributed by atoms with van der Waals surface area (Å²) >= 11 is 1.29. The molecule has 1 unspecified atom stereocenters. The number of rotatable bonds is 4. The van der Waals surface area contributed by atoms with Crippen LogP contribution in [-0.4, -0.2) is 19.8 Å². The number of fused-ring (bicyclic) bond motifs is 1. The largest absolute Gasteiger partial charge is 0.282 e. The molecule has 0 saturated carbocycles. The maximum atomic E-state index is 12.8. The minimum absolute atomic E-state index is 0.105. The Hall–Kier alpha value is -2.65. The molecule has 3 aromatic rings. The molecule has 1 atom stereocenters. The van der Waals surface area contributed by atoms with Crippen molar-refractivity contribution in [3.05, 3.63) is 64.7 Å². The summed E-state index contributed by atoms with van der Waals surface area (Å²) in [5, 5.41) is 9.90. The zero-order valence-corrected chi connectivity index (χ0v) is 13.3. The molecular weight excluding hydrogens is 308 g/mol. The average Bonchev–Trinajstić information content (AvgIpc) is 2.59. The smallest absolute Gasteiger partial charge is 0.262 e. The normalized spacial score (nSPS) is 12.0. The van der Waals surface area contributed by atoms with E-state index in [9.17, 15) is 4.79 Å². The van der Waals surface area contributed by atoms with Gasteiger partial charge in [-0.25, -0.2) is 4.98 Å². The summed E-state index contributed by atoms with van der Waals surface area (Å²) in [4.78, 5) is 21.5. The fourth-order valence-corrected chi connectivity index (χ4v) is 3.03. The quantitative estimate of drug-likeness (QED) is 0.545. The van der Waals surface area contributed by atoms with Crippen LogP contribution < -0.4 is 5.56 Å². The lowest BCUT2D eigenvalue weighted by atomic mass is 10.2. The minimum Gasteiger partial charge on any atom is -0.282 e. The maximum Gasteiger partial charge on any atom is 0.262 e. The average molecular weight is 322 g/mol. The van der Waals surface area contributed by atoms with Crippen LogP contribution in [0, 0.1) is 11.3 Å². The van der Waals surface area contributed by atoms with Crippen LogP contribution in [0.15, 0.2) is 58.7 Å². The van der Waals surface area contributed by atoms with Crippen LogP contribution in [0.3, 0.4) is 0 Å². The molecule has 23 heavy (non-hydrogen) atoms. The third kappa shape index (κ3) is 3.25. The predicted molar refractivity (Wildman–Crippen MR) is 90.3 cm³/mol. The van der Waals surface area contributed by atoms with Crippen LogP contribution in [0.1, 0.15) is 12.5 Å². The molecule has 0 N–H and O–H groups in total. The van der Waals surface area contributed by atoms with Crippen LogP contribution >= 0.6 is 11.8 Å². The molecule has 0 aliphatic carbocycles. The zero-order chi connectivity index (χ0) is 16.2. The van der Waals surface area contributed by atoms with Gasteiger partial charge in [-0.3, -0.25) is 14.3 Å². The van der Waals surface area contributed by atoms with E-state index >= 15 is 0 Å². The molecule has 1 aromatic carbocycles. The summed E-state index contributed by atoms with van der Waals surface area (Å²) in [6.07, 6.45) is 3.42. The second-order valence-corrected chi connectivity index (χ2v) is 6.36. The van der Waals surface area contributed by atoms with Gasteiger partial charge in [0.25, 0.3) is 5.56 Å². The van der Waals surface area contributed by atoms with Crippen LogP contribution in [0.5, 0.6) is 0 Å². The number of thioether (sulfide) groups is 1. The Kier molecular flexibility index (Phi) is 4.40. The standard InChI is InChI=1S/C17H14N4OS/c1-12(9-18)23-17-20-15-7-3-2-6-14(15)16(22)21(17)11-13-5-4-8-19-10-13/h2-8,10,12H,11H2,1H3. The van der Waals surface area contributed by atoms with E-state index in [1.165, 1.54) is 11.8 Å². The van der Waals surface area contributed by atoms with Crippen molar-refractivity contribution < 1.29 is 0 Å². The first-order valence-corrected chi connectivity index (χ1v) is 8.02. The number of para-hydroxylation sites is 1. The van der Waals surface area contributed by atoms with Crippen molar-refractivity contribution in [2.75, 3.05) is 0 Å². The van der Waals surface area contributed by atoms with Crippen LogP contribution in [0.25, 0.3) is 10.9 Å². The summed E-state index contributed by atoms with van der Waals surface area (Å²) in [6.45, 7) is 2.17. The highest BCUT2D eigenvalue weighted by atomic mass is 32.2. The highest BCUT2D eigenvalue weighted by molar-refractivity contribution is 8.00. The third-order valence-corrected chi connectivity index (χ3v) is 4.34. The first-order valence-electron chi connectivity index (χ1n) is 7.14. The van der Waals surface area contributed by atoms with E-state index in [-0.39, 0.29) is 10.8 Å². The molecule has 5 nitrogen and oxygen atoms in total. The van der Waals surface area contributed by atoms with E-state index in [1.807, 2.05) is 30.3 Å². The van der Waals surface area contributed by atoms with Gasteiger partial charge in [-0.1, -0.05) is 30.0 Å². The molecule has 6 heteroatoms. The van der Waals surface area contributed by atoms with Crippen molar-refractivity contribution >= 4 is 22.7 Å². The monoisotopic (exact) mass is 322 g/mol. The highest BCUT2D eigenvalue weighted by Crippen LogP contribution is 2.22. The van der Waals surface area contributed by atoms with Crippen molar-refractivity contribution in [3.8, 4) is 6.07 Å². The van der Waals surface area contributed by atoms with E-state index in [2.05, 4.69) is 16.0 Å². The number of nitrogens with zero attached hydrogens (tertiary/aromatic N) is 4. The van der Waals surface area contributed by atoms with E-state index in [1.54, 1.807) is 30.0 Å². The van der Waals surface area contributed by atoms with E-state index in [0.717, 1.165) is 5.56 Å². The summed E-state index contributed by atoms with van der Waals surface area (Å²) in [5.41, 5.74) is 1.46. The van der Waals surface area contributed by atoms with Gasteiger partial charge in [-0.05, 0) is 30.7 Å². The molecular formula is C17H14N4OS. The van der Waals surface area contributed by atoms with Crippen molar-refractivity contribution in [3.63, 3.8) is 0 Å². The summed E-state index contributed by atoms with van der Waals surface area (Å²) in [6, 6.07) is 13.2. The number of nitriles is 1. The van der Waals surface area contributed by atoms with Crippen LogP contribution in [0.2, 0.25) is 0 Å². The molecule has 3 rings (SSSR count). The molecule has 2 heterocycles. The van der Waals surface area contributed by atoms with Gasteiger partial charge >= 0.3 is 0 Å². The van der Waals surface area contributed by atoms with Crippen molar-refractivity contribution in [2.24, 2.45) is 0 Å². The molecule has 2 aromatic heterocycles. The molecule has 0 amide bonds. The van der Waals surface area contributed by atoms with Gasteiger partial charge in [0.05, 0.1) is 28.8 Å². The van der Waals surface area contributed by atoms with Crippen LogP contribution in [-0.2, 0) is 6.54 Å². The second-order valence-electron chi connectivity index (χ2n) is 5.05. The molecule has 0 saturated heterocycles. The first kappa shape index (κ1) is 15.3. The third-order valence-electron chi connectivity index (χ3n) is 3.35. The van der Waals surface area contributed by atoms with E-state index < -0.39 is 0 Å². The van der Waals surface area contributed by atoms with E-state index in [4.69, 9.17) is 5.26 Å². The Labute approximate surface area is 137 Å². The molecule has 0 radical (unpaired) electrons. The maximum absolute atomic E-state index is 12.8. The van der Waals surface area contributed by atoms with Crippen molar-refractivity contribution in [1.29, 1.82) is 5.26 Å². The molecule has 0 spiro atoms. The minimum atomic E-state index is -0.289. The van der Waals surface area contributed by atoms with Gasteiger partial charge in [0.1, 0.15) is 0 Å². The van der Waals surface area contributed by atoms with Crippen molar-refractivity contribution in [1.82, 2.24) is 14.5 Å². The molecule has 0 aliphatic heterocycles. The number of aromatic nitrogens is 3. The fourth-order valence-electron chi connectivity index (χ4n) is 2.24. The second kappa shape index (κ2) is 6.63. The number of benzene rings is 1. The van der Waals surface area contributed by atoms with Gasteiger partial charge < -0.3 is 0 Å². The Morgan fingerprint density at radius 3 is 2.87 bits per heavy atom. The van der Waals surface area contributed by atoms with E-state index in [0.29, 0.717) is 22.6 Å². The Balaban J connectivity index is 2.16. The molecule has 114 valence electrons. The van der Waals surface area contributed by atoms with Crippen molar-refractivity contribution in [2.45, 2.75) is 23.9 Å². The summed E-state index contributed by atoms with van der Waals surface area (Å²) in [5.74, 6) is 0. The summed E-state index contributed by atoms with van der Waals surface area (Å²) in [7, 11) is 0. The van der Waals surface area contributed by atoms with Gasteiger partial charge in [-0.15, -0.1) is 0 Å². The SMILES string of the molecule is CC(C#N)Sc1nc2ccccc2c(=O)n1Cc1cccnc1. The zero-order valence-electron chi connectivity index (χ0n) is 12.5. The molecule has 0 fully saturated rings. The van der Waals surface area contributed by atoms with Gasteiger partial charge in [0, 0.05) is 12.4 Å². The lowest BCUT2D eigenvalue weighted by Crippen LogP contribution is -2.24. The topological polar surface area (TPSA) is 71.6 Å². The Morgan fingerprint density at radius 2 is 2.13 bits per heavy atom. The van der Waals surface area contributed by atoms with Gasteiger partial charge in [-0.2, -0.15) is 5.26 Å². The fraction of sp³-hybridized carbons (Fsp3) is 0.176. The Morgan fingerprint density at radius 1 is 1.30 bits per heavy atom. The predicted octanol–water partition coefficient (Wildman–Crippen LogP) is 2.84. The number of hydrogen-bond acceptors (Lipinski definition) is 5. The van der Waals surface area contributed by atoms with Gasteiger partial charge in [0.2, 0.25) is 0 Å². The van der Waals surface area contributed by atoms with Crippen LogP contribution in [0.4, 0.5) is 0 Å². The lowest BCUT2D eigenvalue weighted by Gasteiger charge is -2.13. The number of pyridine rings is 1. The Bertz CT molecular complexity index is 931. The lowest BCUT2D eigenvalue weighted by molar-refractivity contribution is 0.656. The van der Waals surface area contributed by atoms with Gasteiger partial charge in [0.15, 0.2) is 5.16 Å². The highest BCUT2D eigenvalue weighted by Gasteiger charge is 2.14. The first-order chi connectivity index (χ1) is 11.2. The number of hydrogen-bond donors (Lipinski definition) is 0.